The van der Waals surface area contributed by atoms with Crippen molar-refractivity contribution in [2.45, 2.75) is 20.8 Å². The molecule has 0 N–H and O–H groups in total. The molecule has 0 heterocycles. The number of allylic oxidation sites excluding steroid dienone is 1. The van der Waals surface area contributed by atoms with Gasteiger partial charge in [0.2, 0.25) is 0 Å². The molecule has 0 aliphatic heterocycles. The SMILES string of the molecule is COc1ccc(F)cc1/C(=C\C(C)=O)c1ccc(C)cc1C. The summed E-state index contributed by atoms with van der Waals surface area (Å²) in [5, 5.41) is 0. The zero-order chi connectivity index (χ0) is 16.3. The van der Waals surface area contributed by atoms with E-state index in [-0.39, 0.29) is 11.6 Å². The second-order valence-corrected chi connectivity index (χ2v) is 5.33. The molecule has 0 saturated heterocycles. The van der Waals surface area contributed by atoms with Crippen LogP contribution < -0.4 is 4.74 Å². The molecule has 0 aromatic heterocycles. The molecular weight excluding hydrogens is 279 g/mol. The van der Waals surface area contributed by atoms with Crippen LogP contribution in [-0.2, 0) is 4.79 Å². The number of ketones is 1. The van der Waals surface area contributed by atoms with Crippen molar-refractivity contribution in [3.8, 4) is 5.75 Å². The van der Waals surface area contributed by atoms with Crippen LogP contribution in [0.15, 0.2) is 42.5 Å². The van der Waals surface area contributed by atoms with Gasteiger partial charge in [-0.05, 0) is 61.7 Å². The average molecular weight is 298 g/mol. The van der Waals surface area contributed by atoms with E-state index in [9.17, 15) is 9.18 Å². The van der Waals surface area contributed by atoms with Gasteiger partial charge < -0.3 is 4.74 Å². The molecule has 0 bridgehead atoms. The highest BCUT2D eigenvalue weighted by Crippen LogP contribution is 2.33. The summed E-state index contributed by atoms with van der Waals surface area (Å²) in [6.45, 7) is 5.46. The number of carbonyl (C=O) groups is 1. The maximum Gasteiger partial charge on any atom is 0.153 e. The molecule has 2 aromatic carbocycles. The molecule has 0 spiro atoms. The van der Waals surface area contributed by atoms with E-state index in [2.05, 4.69) is 0 Å². The largest absolute Gasteiger partial charge is 0.496 e. The van der Waals surface area contributed by atoms with Crippen molar-refractivity contribution in [2.24, 2.45) is 0 Å². The van der Waals surface area contributed by atoms with E-state index in [1.54, 1.807) is 6.07 Å². The van der Waals surface area contributed by atoms with E-state index >= 15 is 0 Å². The monoisotopic (exact) mass is 298 g/mol. The third-order valence-electron chi connectivity index (χ3n) is 3.47. The van der Waals surface area contributed by atoms with E-state index in [1.165, 1.54) is 32.2 Å². The van der Waals surface area contributed by atoms with Crippen LogP contribution in [-0.4, -0.2) is 12.9 Å². The molecule has 2 aromatic rings. The second kappa shape index (κ2) is 6.56. The summed E-state index contributed by atoms with van der Waals surface area (Å²) in [6.07, 6.45) is 1.52. The highest BCUT2D eigenvalue weighted by atomic mass is 19.1. The number of carbonyl (C=O) groups excluding carboxylic acids is 1. The van der Waals surface area contributed by atoms with Crippen molar-refractivity contribution in [3.63, 3.8) is 0 Å². The number of hydrogen-bond donors (Lipinski definition) is 0. The van der Waals surface area contributed by atoms with Gasteiger partial charge in [-0.1, -0.05) is 23.8 Å². The molecule has 0 saturated carbocycles. The lowest BCUT2D eigenvalue weighted by molar-refractivity contribution is -0.112. The van der Waals surface area contributed by atoms with E-state index in [4.69, 9.17) is 4.74 Å². The minimum atomic E-state index is -0.366. The number of rotatable bonds is 4. The summed E-state index contributed by atoms with van der Waals surface area (Å²) in [6, 6.07) is 10.3. The number of aryl methyl sites for hydroxylation is 2. The molecule has 0 aliphatic rings. The summed E-state index contributed by atoms with van der Waals surface area (Å²) in [7, 11) is 1.53. The van der Waals surface area contributed by atoms with Gasteiger partial charge in [-0.3, -0.25) is 4.79 Å². The van der Waals surface area contributed by atoms with Crippen molar-refractivity contribution >= 4 is 11.4 Å². The van der Waals surface area contributed by atoms with Crippen LogP contribution in [0.1, 0.15) is 29.2 Å². The maximum atomic E-state index is 13.7. The summed E-state index contributed by atoms with van der Waals surface area (Å²) in [5.41, 5.74) is 4.30. The fraction of sp³-hybridized carbons (Fsp3) is 0.211. The summed E-state index contributed by atoms with van der Waals surface area (Å²) in [5.74, 6) is 0.0742. The van der Waals surface area contributed by atoms with Crippen LogP contribution in [0.2, 0.25) is 0 Å². The number of ether oxygens (including phenoxy) is 1. The number of hydrogen-bond acceptors (Lipinski definition) is 2. The Balaban J connectivity index is 2.72. The molecule has 2 rings (SSSR count). The number of methoxy groups -OCH3 is 1. The van der Waals surface area contributed by atoms with Gasteiger partial charge in [-0.2, -0.15) is 0 Å². The minimum absolute atomic E-state index is 0.0960. The Bertz CT molecular complexity index is 745. The summed E-state index contributed by atoms with van der Waals surface area (Å²) >= 11 is 0. The van der Waals surface area contributed by atoms with Crippen molar-refractivity contribution in [2.75, 3.05) is 7.11 Å². The molecule has 3 heteroatoms. The first-order valence-corrected chi connectivity index (χ1v) is 7.06. The molecule has 0 atom stereocenters. The van der Waals surface area contributed by atoms with Gasteiger partial charge in [-0.15, -0.1) is 0 Å². The molecule has 114 valence electrons. The van der Waals surface area contributed by atoms with Gasteiger partial charge in [0.1, 0.15) is 11.6 Å². The molecule has 2 nitrogen and oxygen atoms in total. The topological polar surface area (TPSA) is 26.3 Å². The van der Waals surface area contributed by atoms with Crippen LogP contribution in [0.5, 0.6) is 5.75 Å². The Kier molecular flexibility index (Phi) is 4.76. The van der Waals surface area contributed by atoms with Gasteiger partial charge in [0, 0.05) is 5.56 Å². The third kappa shape index (κ3) is 3.42. The fourth-order valence-electron chi connectivity index (χ4n) is 2.51. The zero-order valence-corrected chi connectivity index (χ0v) is 13.2. The van der Waals surface area contributed by atoms with Gasteiger partial charge in [0.25, 0.3) is 0 Å². The first kappa shape index (κ1) is 16.0. The molecule has 0 aliphatic carbocycles. The Morgan fingerprint density at radius 3 is 2.41 bits per heavy atom. The normalized spacial score (nSPS) is 11.4. The zero-order valence-electron chi connectivity index (χ0n) is 13.2. The molecule has 0 radical (unpaired) electrons. The lowest BCUT2D eigenvalue weighted by Gasteiger charge is -2.15. The van der Waals surface area contributed by atoms with Gasteiger partial charge in [0.15, 0.2) is 5.78 Å². The van der Waals surface area contributed by atoms with Crippen LogP contribution in [0.25, 0.3) is 5.57 Å². The standard InChI is InChI=1S/C19H19FO2/c1-12-5-7-16(13(2)9-12)17(10-14(3)21)18-11-15(20)6-8-19(18)22-4/h5-11H,1-4H3/b17-10-. The molecule has 0 fully saturated rings. The van der Waals surface area contributed by atoms with Crippen molar-refractivity contribution < 1.29 is 13.9 Å². The summed E-state index contributed by atoms with van der Waals surface area (Å²) in [4.78, 5) is 11.7. The van der Waals surface area contributed by atoms with Gasteiger partial charge in [0.05, 0.1) is 7.11 Å². The predicted molar refractivity (Wildman–Crippen MR) is 86.6 cm³/mol. The maximum absolute atomic E-state index is 13.7. The fourth-order valence-corrected chi connectivity index (χ4v) is 2.51. The number of halogens is 1. The lowest BCUT2D eigenvalue weighted by atomic mass is 9.92. The summed E-state index contributed by atoms with van der Waals surface area (Å²) < 4.78 is 19.0. The quantitative estimate of drug-likeness (QED) is 0.778. The molecular formula is C19H19FO2. The van der Waals surface area contributed by atoms with Crippen LogP contribution in [0, 0.1) is 19.7 Å². The van der Waals surface area contributed by atoms with E-state index in [1.807, 2.05) is 32.0 Å². The number of benzene rings is 2. The Morgan fingerprint density at radius 1 is 1.09 bits per heavy atom. The van der Waals surface area contributed by atoms with Crippen molar-refractivity contribution in [1.82, 2.24) is 0 Å². The first-order valence-electron chi connectivity index (χ1n) is 7.06. The molecule has 0 unspecified atom stereocenters. The van der Waals surface area contributed by atoms with Gasteiger partial charge >= 0.3 is 0 Å². The highest BCUT2D eigenvalue weighted by molar-refractivity contribution is 6.00. The van der Waals surface area contributed by atoms with E-state index in [0.717, 1.165) is 16.7 Å². The second-order valence-electron chi connectivity index (χ2n) is 5.33. The highest BCUT2D eigenvalue weighted by Gasteiger charge is 2.15. The Hall–Kier alpha value is -2.42. The van der Waals surface area contributed by atoms with Crippen LogP contribution in [0.4, 0.5) is 4.39 Å². The smallest absolute Gasteiger partial charge is 0.153 e. The van der Waals surface area contributed by atoms with Crippen LogP contribution in [0.3, 0.4) is 0 Å². The molecule has 0 amide bonds. The van der Waals surface area contributed by atoms with Crippen LogP contribution >= 0.6 is 0 Å². The predicted octanol–water partition coefficient (Wildman–Crippen LogP) is 4.47. The Labute approximate surface area is 130 Å². The average Bonchev–Trinajstić information content (AvgIpc) is 2.45. The molecule has 22 heavy (non-hydrogen) atoms. The Morgan fingerprint density at radius 2 is 1.82 bits per heavy atom. The van der Waals surface area contributed by atoms with Crippen molar-refractivity contribution in [3.05, 3.63) is 70.5 Å². The van der Waals surface area contributed by atoms with Crippen molar-refractivity contribution in [1.29, 1.82) is 0 Å². The van der Waals surface area contributed by atoms with E-state index in [0.29, 0.717) is 16.9 Å². The minimum Gasteiger partial charge on any atom is -0.496 e. The lowest BCUT2D eigenvalue weighted by Crippen LogP contribution is -1.99. The first-order chi connectivity index (χ1) is 10.4. The van der Waals surface area contributed by atoms with E-state index < -0.39 is 0 Å². The third-order valence-corrected chi connectivity index (χ3v) is 3.47. The van der Waals surface area contributed by atoms with Gasteiger partial charge in [-0.25, -0.2) is 4.39 Å².